The minimum atomic E-state index is 0.192. The molecule has 0 radical (unpaired) electrons. The number of carbonyl (C=O) groups is 1. The number of hydrogen-bond acceptors (Lipinski definition) is 3. The van der Waals surface area contributed by atoms with Gasteiger partial charge in [0.25, 0.3) is 0 Å². The first-order valence-corrected chi connectivity index (χ1v) is 7.85. The zero-order valence-electron chi connectivity index (χ0n) is 11.7. The third-order valence-corrected chi connectivity index (χ3v) is 5.35. The molecule has 3 heterocycles. The summed E-state index contributed by atoms with van der Waals surface area (Å²) in [5.74, 6) is 0.458. The van der Waals surface area contributed by atoms with Crippen LogP contribution < -0.4 is 10.6 Å². The summed E-state index contributed by atoms with van der Waals surface area (Å²) >= 11 is 0. The SMILES string of the molecule is O=C(NC1CCCC1n1ccnc1)C1CC2CCC1N2. The fourth-order valence-electron chi connectivity index (χ4n) is 4.34. The summed E-state index contributed by atoms with van der Waals surface area (Å²) < 4.78 is 2.15. The zero-order valence-corrected chi connectivity index (χ0v) is 11.7. The Labute approximate surface area is 119 Å². The molecule has 1 saturated carbocycles. The van der Waals surface area contributed by atoms with E-state index in [2.05, 4.69) is 20.2 Å². The number of rotatable bonds is 3. The van der Waals surface area contributed by atoms with Crippen LogP contribution in [0.1, 0.15) is 44.6 Å². The number of carbonyl (C=O) groups excluding carboxylic acids is 1. The van der Waals surface area contributed by atoms with Crippen molar-refractivity contribution in [3.05, 3.63) is 18.7 Å². The van der Waals surface area contributed by atoms with Crippen molar-refractivity contribution in [1.82, 2.24) is 20.2 Å². The van der Waals surface area contributed by atoms with Crippen molar-refractivity contribution in [2.45, 2.75) is 62.7 Å². The summed E-state index contributed by atoms with van der Waals surface area (Å²) in [6.07, 6.45) is 12.5. The Bertz CT molecular complexity index is 486. The quantitative estimate of drug-likeness (QED) is 0.871. The third-order valence-electron chi connectivity index (χ3n) is 5.35. The van der Waals surface area contributed by atoms with E-state index in [0.29, 0.717) is 18.1 Å². The molecule has 2 bridgehead atoms. The highest BCUT2D eigenvalue weighted by atomic mass is 16.2. The van der Waals surface area contributed by atoms with Crippen LogP contribution in [-0.2, 0) is 4.79 Å². The van der Waals surface area contributed by atoms with Crippen LogP contribution in [0, 0.1) is 5.92 Å². The molecule has 1 aromatic heterocycles. The summed E-state index contributed by atoms with van der Waals surface area (Å²) in [6.45, 7) is 0. The standard InChI is InChI=1S/C15H22N4O/c20-15(11-8-10-4-5-12(11)17-10)18-13-2-1-3-14(13)19-7-6-16-9-19/h6-7,9-14,17H,1-5,8H2,(H,18,20). The Morgan fingerprint density at radius 3 is 2.95 bits per heavy atom. The van der Waals surface area contributed by atoms with Gasteiger partial charge in [-0.3, -0.25) is 4.79 Å². The molecule has 5 heteroatoms. The fraction of sp³-hybridized carbons (Fsp3) is 0.733. The highest BCUT2D eigenvalue weighted by Gasteiger charge is 2.43. The molecule has 4 rings (SSSR count). The number of nitrogens with zero attached hydrogens (tertiary/aromatic N) is 2. The van der Waals surface area contributed by atoms with Gasteiger partial charge in [0.2, 0.25) is 5.91 Å². The van der Waals surface area contributed by atoms with Crippen LogP contribution in [-0.4, -0.2) is 33.6 Å². The minimum Gasteiger partial charge on any atom is -0.351 e. The average molecular weight is 274 g/mol. The molecule has 0 spiro atoms. The number of imidazole rings is 1. The van der Waals surface area contributed by atoms with Crippen LogP contribution in [0.5, 0.6) is 0 Å². The van der Waals surface area contributed by atoms with Gasteiger partial charge in [-0.05, 0) is 38.5 Å². The van der Waals surface area contributed by atoms with Gasteiger partial charge in [-0.2, -0.15) is 0 Å². The Morgan fingerprint density at radius 2 is 2.25 bits per heavy atom. The molecule has 0 aromatic carbocycles. The average Bonchev–Trinajstić information content (AvgIpc) is 3.22. The summed E-state index contributed by atoms with van der Waals surface area (Å²) in [5, 5.41) is 6.86. The molecule has 2 saturated heterocycles. The molecule has 108 valence electrons. The predicted octanol–water partition coefficient (Wildman–Crippen LogP) is 1.23. The van der Waals surface area contributed by atoms with E-state index in [1.165, 1.54) is 19.3 Å². The molecule has 3 fully saturated rings. The summed E-state index contributed by atoms with van der Waals surface area (Å²) in [4.78, 5) is 16.7. The Hall–Kier alpha value is -1.36. The molecule has 5 unspecified atom stereocenters. The van der Waals surface area contributed by atoms with E-state index in [-0.39, 0.29) is 17.9 Å². The van der Waals surface area contributed by atoms with E-state index in [1.807, 2.05) is 18.7 Å². The van der Waals surface area contributed by atoms with Gasteiger partial charge in [-0.25, -0.2) is 4.98 Å². The Kier molecular flexibility index (Phi) is 3.02. The second-order valence-electron chi connectivity index (χ2n) is 6.51. The molecule has 5 nitrogen and oxygen atoms in total. The largest absolute Gasteiger partial charge is 0.351 e. The zero-order chi connectivity index (χ0) is 13.5. The van der Waals surface area contributed by atoms with Gasteiger partial charge in [0.05, 0.1) is 18.3 Å². The molecular weight excluding hydrogens is 252 g/mol. The Balaban J connectivity index is 1.42. The lowest BCUT2D eigenvalue weighted by Crippen LogP contribution is -2.44. The first kappa shape index (κ1) is 12.4. The number of hydrogen-bond donors (Lipinski definition) is 2. The van der Waals surface area contributed by atoms with Gasteiger partial charge < -0.3 is 15.2 Å². The topological polar surface area (TPSA) is 59.0 Å². The van der Waals surface area contributed by atoms with Crippen LogP contribution in [0.3, 0.4) is 0 Å². The van der Waals surface area contributed by atoms with Crippen LogP contribution in [0.25, 0.3) is 0 Å². The van der Waals surface area contributed by atoms with E-state index >= 15 is 0 Å². The van der Waals surface area contributed by atoms with Gasteiger partial charge in [0.15, 0.2) is 0 Å². The first-order valence-electron chi connectivity index (χ1n) is 7.85. The second kappa shape index (κ2) is 4.88. The minimum absolute atomic E-state index is 0.192. The smallest absolute Gasteiger partial charge is 0.225 e. The lowest BCUT2D eigenvalue weighted by atomic mass is 9.88. The van der Waals surface area contributed by atoms with Gasteiger partial charge >= 0.3 is 0 Å². The molecular formula is C15H22N4O. The Morgan fingerprint density at radius 1 is 1.30 bits per heavy atom. The van der Waals surface area contributed by atoms with Crippen molar-refractivity contribution < 1.29 is 4.79 Å². The second-order valence-corrected chi connectivity index (χ2v) is 6.51. The van der Waals surface area contributed by atoms with Gasteiger partial charge in [0, 0.05) is 30.5 Å². The third kappa shape index (κ3) is 2.04. The lowest BCUT2D eigenvalue weighted by Gasteiger charge is -2.26. The molecule has 5 atom stereocenters. The summed E-state index contributed by atoms with van der Waals surface area (Å²) in [6, 6.07) is 1.67. The maximum Gasteiger partial charge on any atom is 0.225 e. The molecule has 1 amide bonds. The number of nitrogens with one attached hydrogen (secondary N) is 2. The maximum absolute atomic E-state index is 12.5. The molecule has 2 N–H and O–H groups in total. The van der Waals surface area contributed by atoms with E-state index in [9.17, 15) is 4.79 Å². The number of fused-ring (bicyclic) bond motifs is 2. The first-order chi connectivity index (χ1) is 9.81. The van der Waals surface area contributed by atoms with Crippen molar-refractivity contribution in [3.63, 3.8) is 0 Å². The van der Waals surface area contributed by atoms with E-state index in [1.54, 1.807) is 0 Å². The van der Waals surface area contributed by atoms with Crippen LogP contribution in [0.15, 0.2) is 18.7 Å². The van der Waals surface area contributed by atoms with Crippen molar-refractivity contribution in [3.8, 4) is 0 Å². The van der Waals surface area contributed by atoms with Crippen LogP contribution in [0.2, 0.25) is 0 Å². The lowest BCUT2D eigenvalue weighted by molar-refractivity contribution is -0.126. The molecule has 20 heavy (non-hydrogen) atoms. The molecule has 1 aliphatic carbocycles. The van der Waals surface area contributed by atoms with Crippen LogP contribution >= 0.6 is 0 Å². The van der Waals surface area contributed by atoms with Crippen molar-refractivity contribution in [1.29, 1.82) is 0 Å². The predicted molar refractivity (Wildman–Crippen MR) is 75.1 cm³/mol. The van der Waals surface area contributed by atoms with Gasteiger partial charge in [-0.15, -0.1) is 0 Å². The summed E-state index contributed by atoms with van der Waals surface area (Å²) in [5.41, 5.74) is 0. The highest BCUT2D eigenvalue weighted by Crippen LogP contribution is 2.35. The molecule has 1 aromatic rings. The molecule has 3 aliphatic rings. The molecule has 2 aliphatic heterocycles. The van der Waals surface area contributed by atoms with Crippen molar-refractivity contribution >= 4 is 5.91 Å². The van der Waals surface area contributed by atoms with Crippen molar-refractivity contribution in [2.24, 2.45) is 5.92 Å². The highest BCUT2D eigenvalue weighted by molar-refractivity contribution is 5.80. The monoisotopic (exact) mass is 274 g/mol. The maximum atomic E-state index is 12.5. The number of amides is 1. The van der Waals surface area contributed by atoms with E-state index < -0.39 is 0 Å². The summed E-state index contributed by atoms with van der Waals surface area (Å²) in [7, 11) is 0. The van der Waals surface area contributed by atoms with Crippen LogP contribution in [0.4, 0.5) is 0 Å². The van der Waals surface area contributed by atoms with Gasteiger partial charge in [-0.1, -0.05) is 0 Å². The normalized spacial score (nSPS) is 39.3. The van der Waals surface area contributed by atoms with E-state index in [4.69, 9.17) is 0 Å². The van der Waals surface area contributed by atoms with Crippen molar-refractivity contribution in [2.75, 3.05) is 0 Å². The fourth-order valence-corrected chi connectivity index (χ4v) is 4.34. The van der Waals surface area contributed by atoms with E-state index in [0.717, 1.165) is 19.3 Å². The number of aromatic nitrogens is 2. The van der Waals surface area contributed by atoms with Gasteiger partial charge in [0.1, 0.15) is 0 Å².